The lowest BCUT2D eigenvalue weighted by atomic mass is 10.2. The van der Waals surface area contributed by atoms with E-state index < -0.39 is 4.92 Å². The van der Waals surface area contributed by atoms with Gasteiger partial charge in [-0.2, -0.15) is 0 Å². The average molecular weight is 237 g/mol. The molecule has 1 aliphatic rings. The number of nitrogens with zero attached hydrogens (tertiary/aromatic N) is 1. The molecule has 6 nitrogen and oxygen atoms in total. The van der Waals surface area contributed by atoms with Crippen molar-refractivity contribution >= 4 is 11.4 Å². The predicted octanol–water partition coefficient (Wildman–Crippen LogP) is 0.995. The zero-order valence-electron chi connectivity index (χ0n) is 9.39. The lowest BCUT2D eigenvalue weighted by molar-refractivity contribution is -0.384. The third-order valence-corrected chi connectivity index (χ3v) is 2.62. The van der Waals surface area contributed by atoms with Crippen LogP contribution >= 0.6 is 0 Å². The second-order valence-corrected chi connectivity index (χ2v) is 3.88. The first-order chi connectivity index (χ1) is 8.25. The predicted molar refractivity (Wildman–Crippen MR) is 64.2 cm³/mol. The summed E-state index contributed by atoms with van der Waals surface area (Å²) in [6.07, 6.45) is 0.152. The van der Waals surface area contributed by atoms with Gasteiger partial charge in [-0.15, -0.1) is 0 Å². The van der Waals surface area contributed by atoms with Crippen LogP contribution in [0.25, 0.3) is 0 Å². The molecule has 6 heteroatoms. The lowest BCUT2D eigenvalue weighted by Gasteiger charge is -2.24. The van der Waals surface area contributed by atoms with E-state index >= 15 is 0 Å². The fraction of sp³-hybridized carbons (Fsp3) is 0.455. The largest absolute Gasteiger partial charge is 0.382 e. The second-order valence-electron chi connectivity index (χ2n) is 3.88. The molecule has 1 unspecified atom stereocenters. The molecule has 1 aromatic carbocycles. The van der Waals surface area contributed by atoms with Gasteiger partial charge in [0.2, 0.25) is 0 Å². The van der Waals surface area contributed by atoms with Gasteiger partial charge >= 0.3 is 0 Å². The van der Waals surface area contributed by atoms with Crippen LogP contribution < -0.4 is 10.6 Å². The Morgan fingerprint density at radius 2 is 2.24 bits per heavy atom. The number of hydrogen-bond donors (Lipinski definition) is 2. The van der Waals surface area contributed by atoms with E-state index in [1.807, 2.05) is 0 Å². The molecule has 1 aliphatic heterocycles. The Hall–Kier alpha value is -1.66. The van der Waals surface area contributed by atoms with Gasteiger partial charge in [-0.25, -0.2) is 0 Å². The van der Waals surface area contributed by atoms with Crippen molar-refractivity contribution in [2.45, 2.75) is 6.10 Å². The van der Waals surface area contributed by atoms with E-state index in [0.717, 1.165) is 25.4 Å². The molecule has 0 aromatic heterocycles. The fourth-order valence-electron chi connectivity index (χ4n) is 1.68. The highest BCUT2D eigenvalue weighted by Gasteiger charge is 2.12. The van der Waals surface area contributed by atoms with Gasteiger partial charge in [0, 0.05) is 37.5 Å². The first-order valence-electron chi connectivity index (χ1n) is 5.56. The van der Waals surface area contributed by atoms with E-state index in [1.165, 1.54) is 12.1 Å². The molecule has 2 N–H and O–H groups in total. The number of morpholine rings is 1. The zero-order chi connectivity index (χ0) is 12.1. The maximum absolute atomic E-state index is 10.5. The van der Waals surface area contributed by atoms with Gasteiger partial charge in [0.15, 0.2) is 0 Å². The van der Waals surface area contributed by atoms with Crippen molar-refractivity contribution in [3.05, 3.63) is 34.4 Å². The van der Waals surface area contributed by atoms with E-state index in [2.05, 4.69) is 10.6 Å². The minimum Gasteiger partial charge on any atom is -0.382 e. The van der Waals surface area contributed by atoms with Crippen LogP contribution in [0.1, 0.15) is 0 Å². The second kappa shape index (κ2) is 5.60. The molecular formula is C11H15N3O3. The number of anilines is 1. The Bertz CT molecular complexity index is 374. The van der Waals surface area contributed by atoms with E-state index in [-0.39, 0.29) is 11.8 Å². The van der Waals surface area contributed by atoms with Crippen molar-refractivity contribution in [2.75, 3.05) is 31.6 Å². The number of nitro benzene ring substituents is 1. The van der Waals surface area contributed by atoms with Crippen LogP contribution in [0.4, 0.5) is 11.4 Å². The molecule has 1 fully saturated rings. The molecule has 2 rings (SSSR count). The van der Waals surface area contributed by atoms with Gasteiger partial charge in [-0.3, -0.25) is 10.1 Å². The molecule has 1 heterocycles. The van der Waals surface area contributed by atoms with Crippen LogP contribution in [0.15, 0.2) is 24.3 Å². The number of rotatable bonds is 4. The molecule has 0 bridgehead atoms. The van der Waals surface area contributed by atoms with Crippen molar-refractivity contribution in [1.82, 2.24) is 5.32 Å². The van der Waals surface area contributed by atoms with Crippen LogP contribution in [-0.2, 0) is 4.74 Å². The monoisotopic (exact) mass is 237 g/mol. The minimum absolute atomic E-state index is 0.103. The van der Waals surface area contributed by atoms with Crippen molar-refractivity contribution in [2.24, 2.45) is 0 Å². The summed E-state index contributed by atoms with van der Waals surface area (Å²) in [5.41, 5.74) is 0.968. The molecule has 92 valence electrons. The standard InChI is InChI=1S/C11H15N3O3/c15-14(16)10-3-1-9(2-4-10)13-8-11-7-12-5-6-17-11/h1-4,11-13H,5-8H2. The highest BCUT2D eigenvalue weighted by atomic mass is 16.6. The number of hydrogen-bond acceptors (Lipinski definition) is 5. The lowest BCUT2D eigenvalue weighted by Crippen LogP contribution is -2.42. The average Bonchev–Trinajstić information content (AvgIpc) is 2.38. The van der Waals surface area contributed by atoms with Crippen molar-refractivity contribution in [3.8, 4) is 0 Å². The number of benzene rings is 1. The molecule has 1 atom stereocenters. The number of nitrogens with one attached hydrogen (secondary N) is 2. The van der Waals surface area contributed by atoms with E-state index in [4.69, 9.17) is 4.74 Å². The van der Waals surface area contributed by atoms with Gasteiger partial charge < -0.3 is 15.4 Å². The summed E-state index contributed by atoms with van der Waals surface area (Å²) in [6, 6.07) is 6.38. The topological polar surface area (TPSA) is 76.4 Å². The summed E-state index contributed by atoms with van der Waals surface area (Å²) >= 11 is 0. The molecule has 0 saturated carbocycles. The summed E-state index contributed by atoms with van der Waals surface area (Å²) < 4.78 is 5.53. The highest BCUT2D eigenvalue weighted by molar-refractivity contribution is 5.48. The van der Waals surface area contributed by atoms with Crippen LogP contribution in [0.2, 0.25) is 0 Å². The van der Waals surface area contributed by atoms with Crippen LogP contribution in [0, 0.1) is 10.1 Å². The molecule has 0 spiro atoms. The molecule has 17 heavy (non-hydrogen) atoms. The molecule has 1 saturated heterocycles. The SMILES string of the molecule is O=[N+]([O-])c1ccc(NCC2CNCCO2)cc1. The van der Waals surface area contributed by atoms with Gasteiger partial charge in [-0.05, 0) is 12.1 Å². The first kappa shape index (κ1) is 11.8. The van der Waals surface area contributed by atoms with E-state index in [1.54, 1.807) is 12.1 Å². The number of nitro groups is 1. The zero-order valence-corrected chi connectivity index (χ0v) is 9.39. The Kier molecular flexibility index (Phi) is 3.89. The van der Waals surface area contributed by atoms with Crippen LogP contribution in [0.3, 0.4) is 0 Å². The van der Waals surface area contributed by atoms with Crippen molar-refractivity contribution in [1.29, 1.82) is 0 Å². The Morgan fingerprint density at radius 1 is 1.47 bits per heavy atom. The Balaban J connectivity index is 1.84. The van der Waals surface area contributed by atoms with Gasteiger partial charge in [0.05, 0.1) is 17.6 Å². The third-order valence-electron chi connectivity index (χ3n) is 2.62. The molecule has 1 aromatic rings. The van der Waals surface area contributed by atoms with Crippen molar-refractivity contribution < 1.29 is 9.66 Å². The van der Waals surface area contributed by atoms with Crippen LogP contribution in [-0.4, -0.2) is 37.3 Å². The Morgan fingerprint density at radius 3 is 2.82 bits per heavy atom. The van der Waals surface area contributed by atoms with Crippen molar-refractivity contribution in [3.63, 3.8) is 0 Å². The first-order valence-corrected chi connectivity index (χ1v) is 5.56. The summed E-state index contributed by atoms with van der Waals surface area (Å²) in [5, 5.41) is 16.9. The smallest absolute Gasteiger partial charge is 0.269 e. The van der Waals surface area contributed by atoms with E-state index in [9.17, 15) is 10.1 Å². The normalized spacial score (nSPS) is 19.9. The van der Waals surface area contributed by atoms with Gasteiger partial charge in [-0.1, -0.05) is 0 Å². The molecular weight excluding hydrogens is 222 g/mol. The fourth-order valence-corrected chi connectivity index (χ4v) is 1.68. The summed E-state index contributed by atoms with van der Waals surface area (Å²) in [7, 11) is 0. The molecule has 0 amide bonds. The highest BCUT2D eigenvalue weighted by Crippen LogP contribution is 2.15. The van der Waals surface area contributed by atoms with E-state index in [0.29, 0.717) is 6.54 Å². The van der Waals surface area contributed by atoms with Gasteiger partial charge in [0.1, 0.15) is 0 Å². The summed E-state index contributed by atoms with van der Waals surface area (Å²) in [6.45, 7) is 3.16. The quantitative estimate of drug-likeness (QED) is 0.603. The Labute approximate surface area is 99.1 Å². The maximum atomic E-state index is 10.5. The summed E-state index contributed by atoms with van der Waals surface area (Å²) in [5.74, 6) is 0. The number of non-ortho nitro benzene ring substituents is 1. The third kappa shape index (κ3) is 3.40. The molecule has 0 radical (unpaired) electrons. The summed E-state index contributed by atoms with van der Waals surface area (Å²) in [4.78, 5) is 10.1. The molecule has 0 aliphatic carbocycles. The minimum atomic E-state index is -0.405. The number of ether oxygens (including phenoxy) is 1. The van der Waals surface area contributed by atoms with Crippen LogP contribution in [0.5, 0.6) is 0 Å². The van der Waals surface area contributed by atoms with Gasteiger partial charge in [0.25, 0.3) is 5.69 Å². The maximum Gasteiger partial charge on any atom is 0.269 e.